The van der Waals surface area contributed by atoms with E-state index in [1.807, 2.05) is 42.2 Å². The Morgan fingerprint density at radius 1 is 1.18 bits per heavy atom. The van der Waals surface area contributed by atoms with E-state index in [1.54, 1.807) is 4.90 Å². The summed E-state index contributed by atoms with van der Waals surface area (Å²) in [4.78, 5) is 16.1. The summed E-state index contributed by atoms with van der Waals surface area (Å²) in [7, 11) is -3.63. The molecule has 1 aromatic carbocycles. The number of nitrogens with two attached hydrogens (primary N) is 1. The molecule has 0 aromatic heterocycles. The van der Waals surface area contributed by atoms with Crippen LogP contribution in [0.5, 0.6) is 0 Å². The third kappa shape index (κ3) is 4.26. The number of amides is 1. The summed E-state index contributed by atoms with van der Waals surface area (Å²) < 4.78 is 23.8. The quantitative estimate of drug-likeness (QED) is 0.816. The molecule has 0 radical (unpaired) electrons. The summed E-state index contributed by atoms with van der Waals surface area (Å²) in [5.41, 5.74) is 0.873. The lowest BCUT2D eigenvalue weighted by Gasteiger charge is -2.33. The molecule has 1 amide bonds. The van der Waals surface area contributed by atoms with Gasteiger partial charge >= 0.3 is 0 Å². The summed E-state index contributed by atoms with van der Waals surface area (Å²) in [5.74, 6) is 0.0118. The van der Waals surface area contributed by atoms with E-state index in [9.17, 15) is 13.2 Å². The molecule has 1 heterocycles. The number of para-hydroxylation sites is 1. The van der Waals surface area contributed by atoms with Gasteiger partial charge in [-0.25, -0.2) is 5.14 Å². The van der Waals surface area contributed by atoms with Gasteiger partial charge in [0.25, 0.3) is 10.2 Å². The van der Waals surface area contributed by atoms with Gasteiger partial charge in [-0.2, -0.15) is 12.7 Å². The van der Waals surface area contributed by atoms with E-state index < -0.39 is 10.2 Å². The van der Waals surface area contributed by atoms with Crippen LogP contribution in [0.3, 0.4) is 0 Å². The van der Waals surface area contributed by atoms with Crippen LogP contribution in [0.2, 0.25) is 0 Å². The van der Waals surface area contributed by atoms with Crippen molar-refractivity contribution in [1.29, 1.82) is 0 Å². The smallest absolute Gasteiger partial charge is 0.276 e. The van der Waals surface area contributed by atoms with Gasteiger partial charge in [0.05, 0.1) is 6.54 Å². The molecule has 2 N–H and O–H groups in total. The average molecular weight is 326 g/mol. The third-order valence-corrected chi connectivity index (χ3v) is 4.82. The van der Waals surface area contributed by atoms with Crippen LogP contribution in [-0.4, -0.2) is 62.8 Å². The Hall–Kier alpha value is -1.48. The molecule has 0 saturated carbocycles. The van der Waals surface area contributed by atoms with Crippen LogP contribution in [0.15, 0.2) is 30.3 Å². The van der Waals surface area contributed by atoms with Crippen LogP contribution in [0.25, 0.3) is 0 Å². The fourth-order valence-electron chi connectivity index (χ4n) is 2.53. The monoisotopic (exact) mass is 326 g/mol. The molecule has 22 heavy (non-hydrogen) atoms. The van der Waals surface area contributed by atoms with Crippen molar-refractivity contribution in [3.8, 4) is 0 Å². The number of benzene rings is 1. The lowest BCUT2D eigenvalue weighted by atomic mass is 10.2. The maximum Gasteiger partial charge on any atom is 0.276 e. The van der Waals surface area contributed by atoms with Crippen LogP contribution in [0.1, 0.15) is 6.92 Å². The topological polar surface area (TPSA) is 86.9 Å². The highest BCUT2D eigenvalue weighted by Crippen LogP contribution is 2.14. The van der Waals surface area contributed by atoms with Gasteiger partial charge < -0.3 is 4.90 Å². The molecule has 122 valence electrons. The number of likely N-dealkylation sites (N-methyl/N-ethyl adjacent to an activating group) is 1. The first-order chi connectivity index (χ1) is 10.4. The number of nitrogens with zero attached hydrogens (tertiary/aromatic N) is 3. The van der Waals surface area contributed by atoms with Crippen molar-refractivity contribution in [2.45, 2.75) is 6.92 Å². The average Bonchev–Trinajstić information content (AvgIpc) is 2.48. The molecule has 0 spiro atoms. The lowest BCUT2D eigenvalue weighted by molar-refractivity contribution is -0.120. The molecular formula is C14H22N4O3S. The van der Waals surface area contributed by atoms with Gasteiger partial charge in [-0.1, -0.05) is 18.2 Å². The van der Waals surface area contributed by atoms with Crippen molar-refractivity contribution in [1.82, 2.24) is 9.21 Å². The van der Waals surface area contributed by atoms with Crippen molar-refractivity contribution in [3.63, 3.8) is 0 Å². The standard InChI is InChI=1S/C14H22N4O3S/c1-2-18(13-6-4-3-5-7-13)14(19)12-16-8-10-17(11-9-16)22(15,20)21/h3-7H,2,8-12H2,1H3,(H2,15,20,21). The normalized spacial score (nSPS) is 17.4. The first-order valence-electron chi connectivity index (χ1n) is 7.27. The van der Waals surface area contributed by atoms with Crippen molar-refractivity contribution in [3.05, 3.63) is 30.3 Å². The van der Waals surface area contributed by atoms with Gasteiger partial charge in [0.2, 0.25) is 5.91 Å². The molecule has 1 fully saturated rings. The van der Waals surface area contributed by atoms with Gasteiger partial charge in [0, 0.05) is 38.4 Å². The first kappa shape index (κ1) is 16.9. The molecule has 7 nitrogen and oxygen atoms in total. The fraction of sp³-hybridized carbons (Fsp3) is 0.500. The van der Waals surface area contributed by atoms with E-state index >= 15 is 0 Å². The SMILES string of the molecule is CCN(C(=O)CN1CCN(S(N)(=O)=O)CC1)c1ccccc1. The molecule has 0 atom stereocenters. The Labute approximate surface area is 131 Å². The van der Waals surface area contributed by atoms with Crippen molar-refractivity contribution in [2.24, 2.45) is 5.14 Å². The van der Waals surface area contributed by atoms with Crippen LogP contribution in [0, 0.1) is 0 Å². The summed E-state index contributed by atoms with van der Waals surface area (Å²) >= 11 is 0. The zero-order valence-electron chi connectivity index (χ0n) is 12.7. The second-order valence-corrected chi connectivity index (χ2v) is 6.74. The van der Waals surface area contributed by atoms with E-state index in [0.717, 1.165) is 5.69 Å². The van der Waals surface area contributed by atoms with Crippen LogP contribution in [0.4, 0.5) is 5.69 Å². The molecule has 2 rings (SSSR count). The highest BCUT2D eigenvalue weighted by atomic mass is 32.2. The van der Waals surface area contributed by atoms with Gasteiger partial charge in [0.1, 0.15) is 0 Å². The molecule has 0 bridgehead atoms. The number of hydrogen-bond acceptors (Lipinski definition) is 4. The minimum absolute atomic E-state index is 0.0118. The Balaban J connectivity index is 1.92. The predicted molar refractivity (Wildman–Crippen MR) is 85.6 cm³/mol. The number of hydrogen-bond donors (Lipinski definition) is 1. The molecule has 1 aliphatic heterocycles. The third-order valence-electron chi connectivity index (χ3n) is 3.74. The molecule has 1 aliphatic rings. The highest BCUT2D eigenvalue weighted by molar-refractivity contribution is 7.86. The van der Waals surface area contributed by atoms with Gasteiger partial charge in [0.15, 0.2) is 0 Å². The van der Waals surface area contributed by atoms with E-state index in [-0.39, 0.29) is 12.5 Å². The molecule has 0 unspecified atom stereocenters. The zero-order chi connectivity index (χ0) is 16.2. The van der Waals surface area contributed by atoms with Gasteiger partial charge in [-0.3, -0.25) is 9.69 Å². The number of carbonyl (C=O) groups is 1. The fourth-order valence-corrected chi connectivity index (χ4v) is 3.20. The predicted octanol–water partition coefficient (Wildman–Crippen LogP) is -0.139. The van der Waals surface area contributed by atoms with Crippen molar-refractivity contribution >= 4 is 21.8 Å². The van der Waals surface area contributed by atoms with E-state index in [4.69, 9.17) is 5.14 Å². The Morgan fingerprint density at radius 3 is 2.27 bits per heavy atom. The minimum Gasteiger partial charge on any atom is -0.312 e. The van der Waals surface area contributed by atoms with E-state index in [2.05, 4.69) is 0 Å². The van der Waals surface area contributed by atoms with Crippen LogP contribution < -0.4 is 10.0 Å². The molecule has 0 aliphatic carbocycles. The molecular weight excluding hydrogens is 304 g/mol. The number of carbonyl (C=O) groups excluding carboxylic acids is 1. The Morgan fingerprint density at radius 2 is 1.77 bits per heavy atom. The number of rotatable bonds is 5. The summed E-state index contributed by atoms with van der Waals surface area (Å²) in [6, 6.07) is 9.52. The summed E-state index contributed by atoms with van der Waals surface area (Å²) in [6.07, 6.45) is 0. The van der Waals surface area contributed by atoms with Gasteiger partial charge in [-0.05, 0) is 19.1 Å². The van der Waals surface area contributed by atoms with Gasteiger partial charge in [-0.15, -0.1) is 0 Å². The summed E-state index contributed by atoms with van der Waals surface area (Å²) in [6.45, 7) is 4.47. The minimum atomic E-state index is -3.63. The van der Waals surface area contributed by atoms with E-state index in [0.29, 0.717) is 32.7 Å². The second-order valence-electron chi connectivity index (χ2n) is 5.19. The van der Waals surface area contributed by atoms with Crippen LogP contribution in [-0.2, 0) is 15.0 Å². The number of anilines is 1. The highest BCUT2D eigenvalue weighted by Gasteiger charge is 2.26. The maximum absolute atomic E-state index is 12.4. The summed E-state index contributed by atoms with van der Waals surface area (Å²) in [5, 5.41) is 5.11. The molecule has 1 aromatic rings. The van der Waals surface area contributed by atoms with Crippen molar-refractivity contribution in [2.75, 3.05) is 44.2 Å². The molecule has 1 saturated heterocycles. The number of piperazine rings is 1. The largest absolute Gasteiger partial charge is 0.312 e. The zero-order valence-corrected chi connectivity index (χ0v) is 13.5. The first-order valence-corrected chi connectivity index (χ1v) is 8.77. The van der Waals surface area contributed by atoms with Crippen LogP contribution >= 0.6 is 0 Å². The maximum atomic E-state index is 12.4. The Kier molecular flexibility index (Phi) is 5.52. The molecule has 8 heteroatoms. The lowest BCUT2D eigenvalue weighted by Crippen LogP contribution is -2.53. The second kappa shape index (κ2) is 7.19. The van der Waals surface area contributed by atoms with Crippen molar-refractivity contribution < 1.29 is 13.2 Å². The Bertz CT molecular complexity index is 598. The van der Waals surface area contributed by atoms with E-state index in [1.165, 1.54) is 4.31 Å².